The Morgan fingerprint density at radius 2 is 1.33 bits per heavy atom. The van der Waals surface area contributed by atoms with E-state index in [0.29, 0.717) is 16.7 Å². The molecule has 1 aliphatic heterocycles. The van der Waals surface area contributed by atoms with E-state index < -0.39 is 0 Å². The first-order chi connectivity index (χ1) is 21.0. The highest BCUT2D eigenvalue weighted by Gasteiger charge is 2.25. The molecule has 2 aromatic carbocycles. The molecular weight excluding hydrogens is 530 g/mol. The Morgan fingerprint density at radius 1 is 0.698 bits per heavy atom. The fourth-order valence-corrected chi connectivity index (χ4v) is 6.03. The maximum Gasteiger partial charge on any atom is 0.203 e. The average molecular weight is 577 g/mol. The molecule has 6 heteroatoms. The van der Waals surface area contributed by atoms with Crippen LogP contribution in [0.4, 0.5) is 11.4 Å². The molecule has 0 atom stereocenters. The SMILES string of the molecule is CCCCN(CCCC)c1cc(C#N)c(-c2c3ccc(=[N+](CC)CC)cc-3oc3cc(N(CC)CC)ccc23)c(C#N)c1. The van der Waals surface area contributed by atoms with Crippen LogP contribution in [0.3, 0.4) is 0 Å². The van der Waals surface area contributed by atoms with Gasteiger partial charge in [-0.3, -0.25) is 0 Å². The van der Waals surface area contributed by atoms with Gasteiger partial charge >= 0.3 is 0 Å². The Morgan fingerprint density at radius 3 is 1.86 bits per heavy atom. The van der Waals surface area contributed by atoms with Crippen molar-refractivity contribution < 1.29 is 4.42 Å². The van der Waals surface area contributed by atoms with Crippen molar-refractivity contribution in [3.8, 4) is 34.6 Å². The molecule has 0 saturated carbocycles. The number of fused-ring (bicyclic) bond motifs is 2. The molecule has 0 unspecified atom stereocenters. The Labute approximate surface area is 257 Å². The van der Waals surface area contributed by atoms with Crippen LogP contribution in [-0.4, -0.2) is 39.3 Å². The van der Waals surface area contributed by atoms with Gasteiger partial charge in [0, 0.05) is 71.8 Å². The van der Waals surface area contributed by atoms with Crippen molar-refractivity contribution in [3.63, 3.8) is 0 Å². The Kier molecular flexibility index (Phi) is 10.8. The van der Waals surface area contributed by atoms with Gasteiger partial charge in [0.15, 0.2) is 0 Å². The molecule has 0 fully saturated rings. The van der Waals surface area contributed by atoms with Gasteiger partial charge in [-0.05, 0) is 70.9 Å². The van der Waals surface area contributed by atoms with Crippen LogP contribution in [0.15, 0.2) is 52.9 Å². The number of nitrogens with zero attached hydrogens (tertiary/aromatic N) is 5. The van der Waals surface area contributed by atoms with E-state index in [-0.39, 0.29) is 0 Å². The first-order valence-electron chi connectivity index (χ1n) is 16.0. The summed E-state index contributed by atoms with van der Waals surface area (Å²) in [6, 6.07) is 21.5. The lowest BCUT2D eigenvalue weighted by molar-refractivity contribution is 0.604. The number of anilines is 2. The first kappa shape index (κ1) is 31.6. The molecule has 2 aromatic rings. The van der Waals surface area contributed by atoms with Crippen molar-refractivity contribution >= 4 is 22.3 Å². The minimum absolute atomic E-state index is 0.515. The lowest BCUT2D eigenvalue weighted by Crippen LogP contribution is -2.29. The maximum absolute atomic E-state index is 10.5. The van der Waals surface area contributed by atoms with Gasteiger partial charge in [0.2, 0.25) is 5.36 Å². The normalized spacial score (nSPS) is 11.0. The predicted molar refractivity (Wildman–Crippen MR) is 180 cm³/mol. The van der Waals surface area contributed by atoms with Crippen LogP contribution in [0.25, 0.3) is 33.4 Å². The Balaban J connectivity index is 2.09. The molecule has 0 bridgehead atoms. The second-order valence-electron chi connectivity index (χ2n) is 11.0. The first-order valence-corrected chi connectivity index (χ1v) is 16.0. The molecule has 4 rings (SSSR count). The monoisotopic (exact) mass is 576 g/mol. The zero-order valence-electron chi connectivity index (χ0n) is 26.8. The van der Waals surface area contributed by atoms with Crippen molar-refractivity contribution in [2.24, 2.45) is 0 Å². The summed E-state index contributed by atoms with van der Waals surface area (Å²) in [5, 5.41) is 23.1. The summed E-state index contributed by atoms with van der Waals surface area (Å²) >= 11 is 0. The molecule has 6 nitrogen and oxygen atoms in total. The fraction of sp³-hybridized carbons (Fsp3) is 0.432. The molecule has 1 aliphatic carbocycles. The molecule has 43 heavy (non-hydrogen) atoms. The van der Waals surface area contributed by atoms with E-state index in [4.69, 9.17) is 4.42 Å². The van der Waals surface area contributed by atoms with Crippen LogP contribution >= 0.6 is 0 Å². The molecule has 0 radical (unpaired) electrons. The largest absolute Gasteiger partial charge is 0.456 e. The molecule has 2 aliphatic rings. The topological polar surface area (TPSA) is 70.2 Å². The highest BCUT2D eigenvalue weighted by atomic mass is 16.3. The van der Waals surface area contributed by atoms with Crippen LogP contribution in [-0.2, 0) is 0 Å². The highest BCUT2D eigenvalue weighted by Crippen LogP contribution is 2.44. The van der Waals surface area contributed by atoms with Crippen LogP contribution in [0.1, 0.15) is 78.4 Å². The molecule has 0 amide bonds. The Hall–Kier alpha value is -4.29. The number of hydrogen-bond acceptors (Lipinski definition) is 5. The van der Waals surface area contributed by atoms with Crippen LogP contribution in [0.5, 0.6) is 0 Å². The van der Waals surface area contributed by atoms with E-state index in [9.17, 15) is 10.5 Å². The average Bonchev–Trinajstić information content (AvgIpc) is 3.04. The van der Waals surface area contributed by atoms with Gasteiger partial charge in [-0.2, -0.15) is 10.5 Å². The summed E-state index contributed by atoms with van der Waals surface area (Å²) in [4.78, 5) is 4.63. The molecule has 0 saturated heterocycles. The van der Waals surface area contributed by atoms with Gasteiger partial charge < -0.3 is 14.2 Å². The second kappa shape index (κ2) is 14.7. The maximum atomic E-state index is 10.5. The number of hydrogen-bond donors (Lipinski definition) is 0. The van der Waals surface area contributed by atoms with E-state index in [1.165, 1.54) is 0 Å². The lowest BCUT2D eigenvalue weighted by atomic mass is 9.87. The van der Waals surface area contributed by atoms with Gasteiger partial charge in [0.25, 0.3) is 0 Å². The van der Waals surface area contributed by atoms with Crippen LogP contribution in [0, 0.1) is 22.7 Å². The summed E-state index contributed by atoms with van der Waals surface area (Å²) < 4.78 is 8.93. The second-order valence-corrected chi connectivity index (χ2v) is 11.0. The molecule has 0 N–H and O–H groups in total. The molecular formula is C37H46N5O+. The van der Waals surface area contributed by atoms with Gasteiger partial charge in [-0.15, -0.1) is 0 Å². The van der Waals surface area contributed by atoms with Gasteiger partial charge in [0.05, 0.1) is 29.3 Å². The smallest absolute Gasteiger partial charge is 0.203 e. The van der Waals surface area contributed by atoms with E-state index in [0.717, 1.165) is 110 Å². The quantitative estimate of drug-likeness (QED) is 0.119. The van der Waals surface area contributed by atoms with E-state index in [2.05, 4.69) is 104 Å². The van der Waals surface area contributed by atoms with Crippen LogP contribution in [0.2, 0.25) is 0 Å². The molecule has 0 spiro atoms. The van der Waals surface area contributed by atoms with Gasteiger partial charge in [-0.1, -0.05) is 26.7 Å². The summed E-state index contributed by atoms with van der Waals surface area (Å²) in [5.74, 6) is 0.743. The van der Waals surface area contributed by atoms with E-state index in [1.54, 1.807) is 0 Å². The summed E-state index contributed by atoms with van der Waals surface area (Å²) in [6.45, 7) is 18.4. The van der Waals surface area contributed by atoms with Crippen molar-refractivity contribution in [1.82, 2.24) is 4.58 Å². The van der Waals surface area contributed by atoms with Crippen molar-refractivity contribution in [2.45, 2.75) is 67.2 Å². The number of rotatable bonds is 13. The molecule has 224 valence electrons. The van der Waals surface area contributed by atoms with Gasteiger partial charge in [-0.25, -0.2) is 4.58 Å². The third kappa shape index (κ3) is 6.55. The number of benzene rings is 3. The summed E-state index contributed by atoms with van der Waals surface area (Å²) in [5.41, 5.74) is 6.26. The predicted octanol–water partition coefficient (Wildman–Crippen LogP) is 8.01. The number of unbranched alkanes of at least 4 members (excludes halogenated alkanes) is 2. The third-order valence-corrected chi connectivity index (χ3v) is 8.49. The highest BCUT2D eigenvalue weighted by molar-refractivity contribution is 6.05. The Bertz CT molecular complexity index is 1630. The summed E-state index contributed by atoms with van der Waals surface area (Å²) in [6.07, 6.45) is 4.31. The van der Waals surface area contributed by atoms with Crippen LogP contribution < -0.4 is 19.7 Å². The van der Waals surface area contributed by atoms with Crippen molar-refractivity contribution in [2.75, 3.05) is 49.1 Å². The van der Waals surface area contributed by atoms with Crippen molar-refractivity contribution in [1.29, 1.82) is 10.5 Å². The summed E-state index contributed by atoms with van der Waals surface area (Å²) in [7, 11) is 0. The number of nitriles is 2. The van der Waals surface area contributed by atoms with E-state index >= 15 is 0 Å². The van der Waals surface area contributed by atoms with Gasteiger partial charge in [0.1, 0.15) is 24.4 Å². The minimum Gasteiger partial charge on any atom is -0.456 e. The fourth-order valence-electron chi connectivity index (χ4n) is 6.03. The standard InChI is InChI=1S/C37H46N5O/c1-7-13-19-42(20-14-8-2)31-21-27(25-38)36(28(22-31)26-39)37-32-17-15-29(40(9-3)10-4)23-34(32)43-35-24-30(16-18-33(35)37)41(11-5)12-6/h15-18,21-24H,7-14,19-20H2,1-6H3/q+1. The third-order valence-electron chi connectivity index (χ3n) is 8.49. The van der Waals surface area contributed by atoms with E-state index in [1.807, 2.05) is 12.1 Å². The zero-order chi connectivity index (χ0) is 30.9. The molecule has 0 aromatic heterocycles. The van der Waals surface area contributed by atoms with Crippen molar-refractivity contribution in [3.05, 3.63) is 65.0 Å². The molecule has 1 heterocycles. The zero-order valence-corrected chi connectivity index (χ0v) is 26.8. The minimum atomic E-state index is 0.515. The lowest BCUT2D eigenvalue weighted by Gasteiger charge is -2.26.